The lowest BCUT2D eigenvalue weighted by atomic mass is 10.0. The monoisotopic (exact) mass is 722 g/mol. The lowest BCUT2D eigenvalue weighted by Gasteiger charge is -2.20. The van der Waals surface area contributed by atoms with Crippen LogP contribution in [-0.4, -0.2) is 46.8 Å². The van der Waals surface area contributed by atoms with E-state index in [1.807, 2.05) is 48.5 Å². The van der Waals surface area contributed by atoms with Crippen molar-refractivity contribution in [1.82, 2.24) is 10.6 Å². The van der Waals surface area contributed by atoms with Gasteiger partial charge in [-0.2, -0.15) is 0 Å². The number of aliphatic hydroxyl groups excluding tert-OH is 2. The normalized spacial score (nSPS) is 18.7. The topological polar surface area (TPSA) is 133 Å². The van der Waals surface area contributed by atoms with Crippen LogP contribution < -0.4 is 10.6 Å². The van der Waals surface area contributed by atoms with Crippen molar-refractivity contribution in [2.45, 2.75) is 37.8 Å². The summed E-state index contributed by atoms with van der Waals surface area (Å²) < 4.78 is 26.9. The van der Waals surface area contributed by atoms with E-state index < -0.39 is 47.1 Å². The number of amides is 2. The molecular formula is C38H34Cl2F2N2O6. The minimum Gasteiger partial charge on any atom is -0.396 e. The summed E-state index contributed by atoms with van der Waals surface area (Å²) in [5.74, 6) is -4.39. The third-order valence-corrected chi connectivity index (χ3v) is 9.55. The van der Waals surface area contributed by atoms with Crippen molar-refractivity contribution in [3.05, 3.63) is 140 Å². The Hall–Kier alpha value is -4.48. The van der Waals surface area contributed by atoms with Crippen molar-refractivity contribution < 1.29 is 38.2 Å². The van der Waals surface area contributed by atoms with Crippen molar-refractivity contribution >= 4 is 46.6 Å². The maximum Gasteiger partial charge on any atom is 0.288 e. The highest BCUT2D eigenvalue weighted by molar-refractivity contribution is 6.37. The number of hydrogen-bond acceptors (Lipinski definition) is 6. The smallest absolute Gasteiger partial charge is 0.288 e. The molecule has 0 saturated heterocycles. The minimum atomic E-state index is -0.740. The van der Waals surface area contributed by atoms with E-state index in [0.717, 1.165) is 34.4 Å². The van der Waals surface area contributed by atoms with Crippen LogP contribution in [0.2, 0.25) is 10.0 Å². The molecule has 12 heteroatoms. The number of aliphatic hydroxyl groups is 2. The number of halogens is 4. The largest absolute Gasteiger partial charge is 0.396 e. The molecule has 0 radical (unpaired) electrons. The molecule has 50 heavy (non-hydrogen) atoms. The summed E-state index contributed by atoms with van der Waals surface area (Å²) in [6.07, 6.45) is 0.874. The van der Waals surface area contributed by atoms with Crippen LogP contribution in [0.4, 0.5) is 8.78 Å². The fraction of sp³-hybridized carbons (Fsp3) is 0.263. The Morgan fingerprint density at radius 1 is 0.620 bits per heavy atom. The van der Waals surface area contributed by atoms with Crippen LogP contribution in [-0.2, 0) is 44.9 Å². The van der Waals surface area contributed by atoms with Crippen LogP contribution in [0.5, 0.6) is 0 Å². The van der Waals surface area contributed by atoms with Crippen molar-refractivity contribution in [3.8, 4) is 0 Å². The molecule has 4 atom stereocenters. The van der Waals surface area contributed by atoms with Crippen molar-refractivity contribution in [3.63, 3.8) is 0 Å². The summed E-state index contributed by atoms with van der Waals surface area (Å²) in [6, 6.07) is 22.4. The first-order chi connectivity index (χ1) is 24.0. The second-order valence-electron chi connectivity index (χ2n) is 12.3. The van der Waals surface area contributed by atoms with E-state index >= 15 is 0 Å². The highest BCUT2D eigenvalue weighted by atomic mass is 35.5. The zero-order chi connectivity index (χ0) is 35.9. The zero-order valence-corrected chi connectivity index (χ0v) is 28.2. The van der Waals surface area contributed by atoms with Crippen LogP contribution in [0.1, 0.15) is 45.5 Å². The molecule has 4 aromatic carbocycles. The predicted octanol–water partition coefficient (Wildman–Crippen LogP) is 5.23. The molecule has 0 spiro atoms. The van der Waals surface area contributed by atoms with E-state index in [9.17, 15) is 38.2 Å². The lowest BCUT2D eigenvalue weighted by molar-refractivity contribution is -0.138. The molecule has 260 valence electrons. The third-order valence-electron chi connectivity index (χ3n) is 8.93. The van der Waals surface area contributed by atoms with Gasteiger partial charge >= 0.3 is 0 Å². The fourth-order valence-corrected chi connectivity index (χ4v) is 6.60. The predicted molar refractivity (Wildman–Crippen MR) is 183 cm³/mol. The first-order valence-corrected chi connectivity index (χ1v) is 16.7. The Morgan fingerprint density at radius 2 is 1.00 bits per heavy atom. The highest BCUT2D eigenvalue weighted by Gasteiger charge is 2.35. The number of carbonyl (C=O) groups excluding carboxylic acids is 4. The van der Waals surface area contributed by atoms with Crippen molar-refractivity contribution in [2.24, 2.45) is 11.8 Å². The number of hydrogen-bond donors (Lipinski definition) is 4. The highest BCUT2D eigenvalue weighted by Crippen LogP contribution is 2.36. The Morgan fingerprint density at radius 3 is 1.36 bits per heavy atom. The number of rotatable bonds is 10. The maximum atomic E-state index is 13.4. The average Bonchev–Trinajstić information content (AvgIpc) is 3.65. The van der Waals surface area contributed by atoms with Crippen LogP contribution >= 0.6 is 23.2 Å². The first-order valence-electron chi connectivity index (χ1n) is 15.9. The quantitative estimate of drug-likeness (QED) is 0.166. The minimum absolute atomic E-state index is 0.0333. The van der Waals surface area contributed by atoms with Gasteiger partial charge in [0.1, 0.15) is 11.6 Å². The van der Waals surface area contributed by atoms with Gasteiger partial charge in [0.25, 0.3) is 11.8 Å². The van der Waals surface area contributed by atoms with Gasteiger partial charge in [-0.05, 0) is 70.5 Å². The van der Waals surface area contributed by atoms with E-state index in [0.29, 0.717) is 24.0 Å². The Bertz CT molecular complexity index is 1790. The molecule has 4 aromatic rings. The third kappa shape index (κ3) is 8.62. The van der Waals surface area contributed by atoms with E-state index in [1.54, 1.807) is 0 Å². The zero-order valence-electron chi connectivity index (χ0n) is 26.7. The van der Waals surface area contributed by atoms with E-state index in [1.165, 1.54) is 24.3 Å². The summed E-state index contributed by atoms with van der Waals surface area (Å²) in [7, 11) is 0. The number of benzene rings is 4. The summed E-state index contributed by atoms with van der Waals surface area (Å²) in [5, 5.41) is 24.5. The second-order valence-corrected chi connectivity index (χ2v) is 13.1. The Labute approximate surface area is 297 Å². The number of Topliss-reactive ketones (excluding diaryl/α,β-unsaturated/α-hetero) is 2. The van der Waals surface area contributed by atoms with E-state index in [4.69, 9.17) is 23.2 Å². The van der Waals surface area contributed by atoms with Gasteiger partial charge in [-0.1, -0.05) is 83.9 Å². The molecule has 0 aliphatic heterocycles. The summed E-state index contributed by atoms with van der Waals surface area (Å²) in [5.41, 5.74) is 4.71. The van der Waals surface area contributed by atoms with Crippen LogP contribution in [0.25, 0.3) is 0 Å². The van der Waals surface area contributed by atoms with E-state index in [2.05, 4.69) is 10.6 Å². The standard InChI is InChI=1S/2C19H17ClFNO3/c2*20-15-6-5-11(7-16(15)21)8-17(24)19(25)22-18-13(10-23)9-12-3-1-2-4-14(12)18/h2*1-7,13,18,23H,8-10H2,(H,22,25)/t13-,18+;13-,18-/m01/s1. The number of ketones is 2. The first kappa shape index (κ1) is 36.8. The van der Waals surface area contributed by atoms with Crippen LogP contribution in [0, 0.1) is 23.5 Å². The summed E-state index contributed by atoms with van der Waals surface area (Å²) in [6.45, 7) is -0.174. The summed E-state index contributed by atoms with van der Waals surface area (Å²) in [4.78, 5) is 48.9. The molecule has 2 amide bonds. The molecule has 2 aliphatic rings. The van der Waals surface area contributed by atoms with Gasteiger partial charge in [-0.15, -0.1) is 0 Å². The second kappa shape index (κ2) is 16.5. The molecule has 0 heterocycles. The molecule has 0 aromatic heterocycles. The van der Waals surface area contributed by atoms with Gasteiger partial charge in [0.2, 0.25) is 11.6 Å². The molecule has 0 bridgehead atoms. The van der Waals surface area contributed by atoms with Gasteiger partial charge in [0.15, 0.2) is 0 Å². The number of fused-ring (bicyclic) bond motifs is 2. The molecule has 0 saturated carbocycles. The van der Waals surface area contributed by atoms with Gasteiger partial charge in [0, 0.05) is 37.9 Å². The fourth-order valence-electron chi connectivity index (χ4n) is 6.36. The van der Waals surface area contributed by atoms with Gasteiger partial charge in [-0.25, -0.2) is 8.78 Å². The lowest BCUT2D eigenvalue weighted by Crippen LogP contribution is -2.37. The summed E-state index contributed by atoms with van der Waals surface area (Å²) >= 11 is 11.2. The molecule has 4 N–H and O–H groups in total. The Kier molecular flexibility index (Phi) is 12.1. The van der Waals surface area contributed by atoms with Gasteiger partial charge in [-0.3, -0.25) is 19.2 Å². The van der Waals surface area contributed by atoms with E-state index in [-0.39, 0.29) is 47.9 Å². The molecular weight excluding hydrogens is 689 g/mol. The van der Waals surface area contributed by atoms with Gasteiger partial charge < -0.3 is 20.8 Å². The average molecular weight is 724 g/mol. The van der Waals surface area contributed by atoms with Crippen molar-refractivity contribution in [2.75, 3.05) is 13.2 Å². The SMILES string of the molecule is O=C(Cc1ccc(Cl)c(F)c1)C(=O)N[C@H]1c2ccccc2C[C@@H]1CO.O=C(Cc1ccc(Cl)c(F)c1)C(=O)N[C@H]1c2ccccc2C[C@H]1CO. The number of nitrogens with one attached hydrogen (secondary N) is 2. The van der Waals surface area contributed by atoms with Crippen LogP contribution in [0.15, 0.2) is 84.9 Å². The number of carbonyl (C=O) groups is 4. The molecule has 6 rings (SSSR count). The van der Waals surface area contributed by atoms with Crippen LogP contribution in [0.3, 0.4) is 0 Å². The van der Waals surface area contributed by atoms with Crippen molar-refractivity contribution in [1.29, 1.82) is 0 Å². The Balaban J connectivity index is 0.000000194. The molecule has 2 aliphatic carbocycles. The molecule has 8 nitrogen and oxygen atoms in total. The molecule has 0 fully saturated rings. The molecule has 0 unspecified atom stereocenters. The maximum absolute atomic E-state index is 13.4. The van der Waals surface area contributed by atoms with Gasteiger partial charge in [0.05, 0.1) is 22.1 Å².